The van der Waals surface area contributed by atoms with Crippen LogP contribution in [0.3, 0.4) is 0 Å². The maximum Gasteiger partial charge on any atom is 0.304 e. The molecule has 2 saturated heterocycles. The molecule has 0 aromatic carbocycles. The van der Waals surface area contributed by atoms with Crippen LogP contribution >= 0.6 is 0 Å². The molecule has 0 radical (unpaired) electrons. The Balaban J connectivity index is 0.000000375. The van der Waals surface area contributed by atoms with Gasteiger partial charge in [-0.25, -0.2) is 0 Å². The van der Waals surface area contributed by atoms with E-state index >= 15 is 0 Å². The summed E-state index contributed by atoms with van der Waals surface area (Å²) in [4.78, 5) is 55.4. The predicted molar refractivity (Wildman–Crippen MR) is 123 cm³/mol. The molecule has 10 atom stereocenters. The van der Waals surface area contributed by atoms with Crippen molar-refractivity contribution < 1.29 is 62.2 Å². The number of aliphatic hydroxyl groups excluding tert-OH is 1. The van der Waals surface area contributed by atoms with Crippen molar-refractivity contribution >= 4 is 29.8 Å². The van der Waals surface area contributed by atoms with Crippen LogP contribution in [-0.2, 0) is 57.1 Å². The van der Waals surface area contributed by atoms with Gasteiger partial charge in [-0.1, -0.05) is 6.92 Å². The summed E-state index contributed by atoms with van der Waals surface area (Å²) < 4.78 is 36.4. The molecule has 2 rings (SSSR count). The highest BCUT2D eigenvalue weighted by atomic mass is 16.7. The number of carbonyl (C=O) groups excluding carboxylic acids is 5. The van der Waals surface area contributed by atoms with Crippen molar-refractivity contribution in [2.75, 3.05) is 0 Å². The number of rotatable bonds is 5. The minimum atomic E-state index is -1.01. The first-order valence-corrected chi connectivity index (χ1v) is 11.9. The third-order valence-electron chi connectivity index (χ3n) is 5.61. The number of esters is 5. The lowest BCUT2D eigenvalue weighted by Crippen LogP contribution is -2.58. The van der Waals surface area contributed by atoms with Crippen LogP contribution in [0.1, 0.15) is 62.3 Å². The molecular formula is C24H38O13. The van der Waals surface area contributed by atoms with Crippen LogP contribution in [0.5, 0.6) is 0 Å². The van der Waals surface area contributed by atoms with Gasteiger partial charge in [-0.15, -0.1) is 0 Å². The molecular weight excluding hydrogens is 496 g/mol. The topological polar surface area (TPSA) is 170 Å². The maximum atomic E-state index is 11.2. The molecule has 2 unspecified atom stereocenters. The summed E-state index contributed by atoms with van der Waals surface area (Å²) in [5.41, 5.74) is 0. The average molecular weight is 535 g/mol. The van der Waals surface area contributed by atoms with Crippen LogP contribution in [0.15, 0.2) is 0 Å². The quantitative estimate of drug-likeness (QED) is 0.388. The number of carbonyl (C=O) groups is 5. The Morgan fingerprint density at radius 2 is 0.865 bits per heavy atom. The normalized spacial score (nSPS) is 35.1. The third-order valence-corrected chi connectivity index (χ3v) is 5.61. The first-order valence-electron chi connectivity index (χ1n) is 11.9. The van der Waals surface area contributed by atoms with Gasteiger partial charge in [0, 0.05) is 34.6 Å². The Hall–Kier alpha value is -2.77. The van der Waals surface area contributed by atoms with Gasteiger partial charge in [0.15, 0.2) is 18.3 Å². The second-order valence-corrected chi connectivity index (χ2v) is 9.01. The van der Waals surface area contributed by atoms with Crippen molar-refractivity contribution in [1.29, 1.82) is 0 Å². The highest BCUT2D eigenvalue weighted by molar-refractivity contribution is 5.68. The average Bonchev–Trinajstić information content (AvgIpc) is 2.74. The standard InChI is InChI=1S/C13H20O7.C11H18O6/c1-6-11(18-8(3)14)12(19-9(4)15)7(2)17-13(6)20-10(5)16;1-5-9(14)11(17-8(4)13)10(6(2)15-5)16-7(3)12/h6-7,11-13H,1-5H3;5-6,9-11,14H,1-4H3/t6-,7-,11-,12-,13?;5?,6-,9+,10-,11-/m00/s1. The van der Waals surface area contributed by atoms with E-state index in [1.165, 1.54) is 34.6 Å². The van der Waals surface area contributed by atoms with Gasteiger partial charge >= 0.3 is 29.8 Å². The summed E-state index contributed by atoms with van der Waals surface area (Å²) in [6, 6.07) is 0. The predicted octanol–water partition coefficient (Wildman–Crippen LogP) is 0.812. The molecule has 212 valence electrons. The highest BCUT2D eigenvalue weighted by Crippen LogP contribution is 2.31. The van der Waals surface area contributed by atoms with E-state index in [0.717, 1.165) is 0 Å². The first kappa shape index (κ1) is 32.3. The maximum absolute atomic E-state index is 11.2. The highest BCUT2D eigenvalue weighted by Gasteiger charge is 2.48. The molecule has 0 saturated carbocycles. The largest absolute Gasteiger partial charge is 0.458 e. The fourth-order valence-electron chi connectivity index (χ4n) is 4.06. The van der Waals surface area contributed by atoms with E-state index in [0.29, 0.717) is 0 Å². The van der Waals surface area contributed by atoms with E-state index in [1.807, 2.05) is 0 Å². The lowest BCUT2D eigenvalue weighted by Gasteiger charge is -2.42. The van der Waals surface area contributed by atoms with Gasteiger partial charge in [0.2, 0.25) is 6.29 Å². The van der Waals surface area contributed by atoms with Gasteiger partial charge in [-0.05, 0) is 20.8 Å². The van der Waals surface area contributed by atoms with Crippen LogP contribution in [0.4, 0.5) is 0 Å². The van der Waals surface area contributed by atoms with Crippen LogP contribution in [0.25, 0.3) is 0 Å². The molecule has 2 fully saturated rings. The first-order chi connectivity index (χ1) is 17.0. The second kappa shape index (κ2) is 14.2. The summed E-state index contributed by atoms with van der Waals surface area (Å²) in [7, 11) is 0. The number of hydrogen-bond donors (Lipinski definition) is 1. The van der Waals surface area contributed by atoms with Crippen LogP contribution < -0.4 is 0 Å². The summed E-state index contributed by atoms with van der Waals surface area (Å²) >= 11 is 0. The Labute approximate surface area is 216 Å². The molecule has 0 aromatic rings. The lowest BCUT2D eigenvalue weighted by atomic mass is 9.92. The van der Waals surface area contributed by atoms with E-state index in [-0.39, 0.29) is 0 Å². The molecule has 2 aliphatic heterocycles. The lowest BCUT2D eigenvalue weighted by molar-refractivity contribution is -0.271. The molecule has 1 N–H and O–H groups in total. The van der Waals surface area contributed by atoms with Gasteiger partial charge in [-0.2, -0.15) is 0 Å². The van der Waals surface area contributed by atoms with Crippen molar-refractivity contribution in [2.45, 2.75) is 117 Å². The van der Waals surface area contributed by atoms with Crippen molar-refractivity contribution in [2.24, 2.45) is 5.92 Å². The van der Waals surface area contributed by atoms with Crippen molar-refractivity contribution in [3.05, 3.63) is 0 Å². The smallest absolute Gasteiger partial charge is 0.304 e. The molecule has 13 heteroatoms. The van der Waals surface area contributed by atoms with E-state index < -0.39 is 90.9 Å². The van der Waals surface area contributed by atoms with Gasteiger partial charge in [0.1, 0.15) is 12.2 Å². The Bertz CT molecular complexity index is 827. The fourth-order valence-corrected chi connectivity index (χ4v) is 4.06. The molecule has 2 aliphatic rings. The summed E-state index contributed by atoms with van der Waals surface area (Å²) in [6.45, 7) is 13.0. The molecule has 13 nitrogen and oxygen atoms in total. The minimum Gasteiger partial charge on any atom is -0.458 e. The minimum absolute atomic E-state index is 0.443. The summed E-state index contributed by atoms with van der Waals surface area (Å²) in [5, 5.41) is 9.89. The Morgan fingerprint density at radius 1 is 0.514 bits per heavy atom. The van der Waals surface area contributed by atoms with E-state index in [2.05, 4.69) is 0 Å². The fraction of sp³-hybridized carbons (Fsp3) is 0.792. The summed E-state index contributed by atoms with van der Waals surface area (Å²) in [5.74, 6) is -3.00. The number of hydrogen-bond acceptors (Lipinski definition) is 13. The summed E-state index contributed by atoms with van der Waals surface area (Å²) in [6.07, 6.45) is -6.51. The molecule has 0 amide bonds. The van der Waals surface area contributed by atoms with Gasteiger partial charge in [0.25, 0.3) is 0 Å². The zero-order chi connectivity index (χ0) is 28.6. The Morgan fingerprint density at radius 3 is 1.30 bits per heavy atom. The van der Waals surface area contributed by atoms with E-state index in [9.17, 15) is 29.1 Å². The van der Waals surface area contributed by atoms with E-state index in [4.69, 9.17) is 33.2 Å². The van der Waals surface area contributed by atoms with Crippen molar-refractivity contribution in [1.82, 2.24) is 0 Å². The van der Waals surface area contributed by atoms with Crippen molar-refractivity contribution in [3.8, 4) is 0 Å². The van der Waals surface area contributed by atoms with Gasteiger partial charge in [0.05, 0.1) is 24.2 Å². The third kappa shape index (κ3) is 9.90. The molecule has 2 heterocycles. The molecule has 0 aliphatic carbocycles. The van der Waals surface area contributed by atoms with Gasteiger partial charge in [-0.3, -0.25) is 24.0 Å². The SMILES string of the molecule is CC(=O)OC1O[C@@H](C)[C@H](OC(C)=O)[C@@H](OC(C)=O)[C@@H]1C.CC(=O)O[C@@H]1[C@@H](OC(C)=O)[C@H](O)C(C)O[C@H]1C. The number of aliphatic hydroxyl groups is 1. The van der Waals surface area contributed by atoms with Gasteiger partial charge < -0.3 is 38.3 Å². The monoisotopic (exact) mass is 534 g/mol. The molecule has 37 heavy (non-hydrogen) atoms. The van der Waals surface area contributed by atoms with Crippen LogP contribution in [0, 0.1) is 5.92 Å². The van der Waals surface area contributed by atoms with Crippen molar-refractivity contribution in [3.63, 3.8) is 0 Å². The van der Waals surface area contributed by atoms with Crippen LogP contribution in [-0.4, -0.2) is 90.1 Å². The zero-order valence-corrected chi connectivity index (χ0v) is 22.6. The molecule has 0 bridgehead atoms. The second-order valence-electron chi connectivity index (χ2n) is 9.01. The van der Waals surface area contributed by atoms with Crippen LogP contribution in [0.2, 0.25) is 0 Å². The molecule has 0 spiro atoms. The molecule has 0 aromatic heterocycles. The zero-order valence-electron chi connectivity index (χ0n) is 22.6. The number of ether oxygens (including phenoxy) is 7. The Kier molecular flexibility index (Phi) is 12.4. The van der Waals surface area contributed by atoms with E-state index in [1.54, 1.807) is 27.7 Å².